The summed E-state index contributed by atoms with van der Waals surface area (Å²) in [6, 6.07) is 9.81. The van der Waals surface area contributed by atoms with Gasteiger partial charge in [-0.1, -0.05) is 30.3 Å². The average Bonchev–Trinajstić information content (AvgIpc) is 2.80. The molecule has 6 nitrogen and oxygen atoms in total. The number of ether oxygens (including phenoxy) is 1. The predicted octanol–water partition coefficient (Wildman–Crippen LogP) is 1.31. The Labute approximate surface area is 120 Å². The average molecular weight is 292 g/mol. The van der Waals surface area contributed by atoms with E-state index in [-0.39, 0.29) is 6.61 Å². The second kappa shape index (κ2) is 6.88. The van der Waals surface area contributed by atoms with E-state index in [9.17, 15) is 4.79 Å². The van der Waals surface area contributed by atoms with Crippen LogP contribution in [0, 0.1) is 0 Å². The zero-order chi connectivity index (χ0) is 14.4. The van der Waals surface area contributed by atoms with Gasteiger partial charge in [-0.25, -0.2) is 0 Å². The number of hydrogen-bond donors (Lipinski definition) is 3. The van der Waals surface area contributed by atoms with Crippen molar-refractivity contribution >= 4 is 28.3 Å². The van der Waals surface area contributed by atoms with Gasteiger partial charge in [-0.15, -0.1) is 0 Å². The number of anilines is 2. The minimum Gasteiger partial charge on any atom is -0.382 e. The van der Waals surface area contributed by atoms with Gasteiger partial charge in [0.25, 0.3) is 0 Å². The van der Waals surface area contributed by atoms with Crippen LogP contribution in [0.25, 0.3) is 11.1 Å². The maximum Gasteiger partial charge on any atom is 0.243 e. The number of carbonyl (C=O) groups excluding carboxylic acids is 1. The van der Waals surface area contributed by atoms with E-state index in [1.807, 2.05) is 30.3 Å². The first kappa shape index (κ1) is 14.3. The van der Waals surface area contributed by atoms with Crippen molar-refractivity contribution in [3.63, 3.8) is 0 Å². The summed E-state index contributed by atoms with van der Waals surface area (Å²) in [4.78, 5) is 10.5. The molecule has 1 amide bonds. The zero-order valence-corrected chi connectivity index (χ0v) is 11.7. The third-order valence-electron chi connectivity index (χ3n) is 2.56. The molecule has 0 fully saturated rings. The molecule has 0 aliphatic rings. The second-order valence-electron chi connectivity index (χ2n) is 4.08. The first-order chi connectivity index (χ1) is 9.68. The fourth-order valence-electron chi connectivity index (χ4n) is 1.72. The van der Waals surface area contributed by atoms with Crippen molar-refractivity contribution in [2.24, 2.45) is 5.73 Å². The van der Waals surface area contributed by atoms with Gasteiger partial charge >= 0.3 is 0 Å². The molecule has 1 aromatic carbocycles. The lowest BCUT2D eigenvalue weighted by molar-refractivity contribution is -0.122. The number of nitrogen functional groups attached to an aromatic ring is 1. The molecule has 0 aliphatic heterocycles. The highest BCUT2D eigenvalue weighted by Gasteiger charge is 2.12. The van der Waals surface area contributed by atoms with E-state index >= 15 is 0 Å². The van der Waals surface area contributed by atoms with Gasteiger partial charge in [0.05, 0.1) is 12.2 Å². The summed E-state index contributed by atoms with van der Waals surface area (Å²) in [7, 11) is 0. The fraction of sp³-hybridized carbons (Fsp3) is 0.231. The Morgan fingerprint density at radius 2 is 2.10 bits per heavy atom. The molecule has 0 saturated heterocycles. The van der Waals surface area contributed by atoms with Crippen LogP contribution in [0.4, 0.5) is 10.8 Å². The second-order valence-corrected chi connectivity index (χ2v) is 4.86. The molecule has 2 rings (SSSR count). The summed E-state index contributed by atoms with van der Waals surface area (Å²) in [5.41, 5.74) is 12.8. The summed E-state index contributed by atoms with van der Waals surface area (Å²) < 4.78 is 9.25. The first-order valence-corrected chi connectivity index (χ1v) is 6.86. The van der Waals surface area contributed by atoms with Gasteiger partial charge in [-0.2, -0.15) is 4.37 Å². The van der Waals surface area contributed by atoms with E-state index < -0.39 is 5.91 Å². The quantitative estimate of drug-likeness (QED) is 0.667. The van der Waals surface area contributed by atoms with Crippen LogP contribution in [0.3, 0.4) is 0 Å². The van der Waals surface area contributed by atoms with Crippen LogP contribution < -0.4 is 16.8 Å². The van der Waals surface area contributed by atoms with Crippen LogP contribution in [0.5, 0.6) is 0 Å². The van der Waals surface area contributed by atoms with Crippen LogP contribution in [0.1, 0.15) is 0 Å². The Morgan fingerprint density at radius 3 is 2.80 bits per heavy atom. The number of primary amides is 1. The number of hydrogen-bond acceptors (Lipinski definition) is 6. The molecule has 2 aromatic rings. The molecule has 20 heavy (non-hydrogen) atoms. The lowest BCUT2D eigenvalue weighted by Crippen LogP contribution is -2.20. The Balaban J connectivity index is 1.98. The highest BCUT2D eigenvalue weighted by atomic mass is 32.1. The summed E-state index contributed by atoms with van der Waals surface area (Å²) in [5, 5.41) is 4.09. The molecular formula is C13H16N4O2S. The molecule has 7 heteroatoms. The monoisotopic (exact) mass is 292 g/mol. The van der Waals surface area contributed by atoms with Crippen LogP contribution in [-0.4, -0.2) is 30.0 Å². The normalized spacial score (nSPS) is 10.4. The van der Waals surface area contributed by atoms with Crippen LogP contribution in [0.15, 0.2) is 30.3 Å². The number of nitrogens with two attached hydrogens (primary N) is 2. The molecule has 0 radical (unpaired) electrons. The van der Waals surface area contributed by atoms with Gasteiger partial charge in [0.2, 0.25) is 5.91 Å². The van der Waals surface area contributed by atoms with E-state index in [0.717, 1.165) is 16.1 Å². The highest BCUT2D eigenvalue weighted by molar-refractivity contribution is 7.11. The number of aromatic nitrogens is 1. The van der Waals surface area contributed by atoms with Crippen LogP contribution in [-0.2, 0) is 9.53 Å². The largest absolute Gasteiger partial charge is 0.382 e. The number of carbonyl (C=O) groups is 1. The number of amides is 1. The maximum absolute atomic E-state index is 10.5. The summed E-state index contributed by atoms with van der Waals surface area (Å²) >= 11 is 1.30. The van der Waals surface area contributed by atoms with E-state index in [0.29, 0.717) is 19.0 Å². The SMILES string of the molecule is NC(=O)COCCNc1snc(N)c1-c1ccccc1. The number of benzene rings is 1. The van der Waals surface area contributed by atoms with Gasteiger partial charge in [-0.05, 0) is 17.1 Å². The highest BCUT2D eigenvalue weighted by Crippen LogP contribution is 2.36. The molecule has 1 aromatic heterocycles. The van der Waals surface area contributed by atoms with E-state index in [2.05, 4.69) is 9.69 Å². The number of nitrogens with zero attached hydrogens (tertiary/aromatic N) is 1. The molecule has 1 heterocycles. The summed E-state index contributed by atoms with van der Waals surface area (Å²) in [6.45, 7) is 0.863. The van der Waals surface area contributed by atoms with Gasteiger partial charge in [0, 0.05) is 6.54 Å². The Bertz CT molecular complexity index is 571. The maximum atomic E-state index is 10.5. The van der Waals surface area contributed by atoms with Gasteiger partial charge in [-0.3, -0.25) is 4.79 Å². The molecule has 0 bridgehead atoms. The molecule has 5 N–H and O–H groups in total. The minimum absolute atomic E-state index is 0.0714. The first-order valence-electron chi connectivity index (χ1n) is 6.09. The summed E-state index contributed by atoms with van der Waals surface area (Å²) in [6.07, 6.45) is 0. The lowest BCUT2D eigenvalue weighted by Gasteiger charge is -2.07. The molecule has 0 spiro atoms. The third kappa shape index (κ3) is 3.69. The van der Waals surface area contributed by atoms with Crippen molar-refractivity contribution in [1.29, 1.82) is 0 Å². The minimum atomic E-state index is -0.475. The number of rotatable bonds is 7. The van der Waals surface area contributed by atoms with Crippen LogP contribution in [0.2, 0.25) is 0 Å². The van der Waals surface area contributed by atoms with Gasteiger partial charge in [0.1, 0.15) is 17.4 Å². The van der Waals surface area contributed by atoms with Crippen LogP contribution >= 0.6 is 11.5 Å². The standard InChI is InChI=1S/C13H16N4O2S/c14-10(18)8-19-7-6-16-13-11(12(15)17-20-13)9-4-2-1-3-5-9/h1-5,16H,6-8H2,(H2,14,18)(H2,15,17). The van der Waals surface area contributed by atoms with E-state index in [1.54, 1.807) is 0 Å². The fourth-order valence-corrected chi connectivity index (χ4v) is 2.48. The Morgan fingerprint density at radius 1 is 1.35 bits per heavy atom. The molecule has 0 atom stereocenters. The molecule has 0 saturated carbocycles. The topological polar surface area (TPSA) is 103 Å². The van der Waals surface area contributed by atoms with Gasteiger partial charge < -0.3 is 21.5 Å². The lowest BCUT2D eigenvalue weighted by atomic mass is 10.1. The molecule has 0 unspecified atom stereocenters. The van der Waals surface area contributed by atoms with Crippen molar-refractivity contribution in [3.8, 4) is 11.1 Å². The van der Waals surface area contributed by atoms with E-state index in [1.165, 1.54) is 11.5 Å². The summed E-state index contributed by atoms with van der Waals surface area (Å²) in [5.74, 6) is 0.0266. The Hall–Kier alpha value is -2.12. The molecular weight excluding hydrogens is 276 g/mol. The van der Waals surface area contributed by atoms with Crippen molar-refractivity contribution in [3.05, 3.63) is 30.3 Å². The number of nitrogens with one attached hydrogen (secondary N) is 1. The third-order valence-corrected chi connectivity index (χ3v) is 3.38. The zero-order valence-electron chi connectivity index (χ0n) is 10.8. The smallest absolute Gasteiger partial charge is 0.243 e. The van der Waals surface area contributed by atoms with Crippen molar-refractivity contribution in [1.82, 2.24) is 4.37 Å². The van der Waals surface area contributed by atoms with Gasteiger partial charge in [0.15, 0.2) is 0 Å². The molecule has 106 valence electrons. The Kier molecular flexibility index (Phi) is 4.91. The van der Waals surface area contributed by atoms with Crippen molar-refractivity contribution in [2.75, 3.05) is 30.8 Å². The van der Waals surface area contributed by atoms with Crippen molar-refractivity contribution in [2.45, 2.75) is 0 Å². The molecule has 0 aliphatic carbocycles. The van der Waals surface area contributed by atoms with E-state index in [4.69, 9.17) is 16.2 Å². The van der Waals surface area contributed by atoms with Crippen molar-refractivity contribution < 1.29 is 9.53 Å². The predicted molar refractivity (Wildman–Crippen MR) is 80.5 cm³/mol.